The molecule has 0 aliphatic carbocycles. The summed E-state index contributed by atoms with van der Waals surface area (Å²) >= 11 is 0. The van der Waals surface area contributed by atoms with E-state index < -0.39 is 6.10 Å². The van der Waals surface area contributed by atoms with Crippen LogP contribution in [-0.2, 0) is 9.53 Å². The van der Waals surface area contributed by atoms with Gasteiger partial charge in [0.05, 0.1) is 12.6 Å². The monoisotopic (exact) mass is 211 g/mol. The van der Waals surface area contributed by atoms with Gasteiger partial charge in [0.2, 0.25) is 5.91 Å². The number of carbonyl (C=O) groups is 1. The smallest absolute Gasteiger partial charge is 0.248 e. The van der Waals surface area contributed by atoms with Gasteiger partial charge in [-0.1, -0.05) is 0 Å². The van der Waals surface area contributed by atoms with E-state index in [1.54, 1.807) is 4.90 Å². The molecule has 5 nitrogen and oxygen atoms in total. The fourth-order valence-electron chi connectivity index (χ4n) is 1.49. The van der Waals surface area contributed by atoms with Gasteiger partial charge < -0.3 is 14.5 Å². The Morgan fingerprint density at radius 2 is 2.40 bits per heavy atom. The summed E-state index contributed by atoms with van der Waals surface area (Å²) in [4.78, 5) is 15.2. The first-order valence-corrected chi connectivity index (χ1v) is 5.07. The SMILES string of the molecule is CN(C)CCCN1CC(C#N)OCC1=O. The Labute approximate surface area is 90.2 Å². The van der Waals surface area contributed by atoms with Gasteiger partial charge in [0.25, 0.3) is 0 Å². The van der Waals surface area contributed by atoms with Gasteiger partial charge >= 0.3 is 0 Å². The lowest BCUT2D eigenvalue weighted by molar-refractivity contribution is -0.145. The molecule has 1 atom stereocenters. The average molecular weight is 211 g/mol. The maximum Gasteiger partial charge on any atom is 0.248 e. The Morgan fingerprint density at radius 3 is 3.00 bits per heavy atom. The normalized spacial score (nSPS) is 21.9. The molecule has 84 valence electrons. The molecule has 0 aromatic heterocycles. The minimum absolute atomic E-state index is 0.0137. The van der Waals surface area contributed by atoms with Gasteiger partial charge in [0.15, 0.2) is 6.10 Å². The quantitative estimate of drug-likeness (QED) is 0.640. The standard InChI is InChI=1S/C10H17N3O2/c1-12(2)4-3-5-13-7-9(6-11)15-8-10(13)14/h9H,3-5,7-8H2,1-2H3. The van der Waals surface area contributed by atoms with E-state index in [9.17, 15) is 4.79 Å². The van der Waals surface area contributed by atoms with Crippen LogP contribution in [0.4, 0.5) is 0 Å². The lowest BCUT2D eigenvalue weighted by Crippen LogP contribution is -2.46. The third kappa shape index (κ3) is 3.86. The van der Waals surface area contributed by atoms with E-state index in [4.69, 9.17) is 10.00 Å². The van der Waals surface area contributed by atoms with E-state index >= 15 is 0 Å². The van der Waals surface area contributed by atoms with Gasteiger partial charge in [-0.25, -0.2) is 0 Å². The third-order valence-electron chi connectivity index (χ3n) is 2.32. The molecule has 0 aromatic carbocycles. The molecular weight excluding hydrogens is 194 g/mol. The molecular formula is C10H17N3O2. The van der Waals surface area contributed by atoms with Gasteiger partial charge in [-0.2, -0.15) is 5.26 Å². The average Bonchev–Trinajstić information content (AvgIpc) is 2.20. The second kappa shape index (κ2) is 5.69. The zero-order chi connectivity index (χ0) is 11.3. The highest BCUT2D eigenvalue weighted by Crippen LogP contribution is 2.06. The predicted octanol–water partition coefficient (Wildman–Crippen LogP) is -0.311. The lowest BCUT2D eigenvalue weighted by Gasteiger charge is -2.29. The van der Waals surface area contributed by atoms with Gasteiger partial charge in [0, 0.05) is 6.54 Å². The van der Waals surface area contributed by atoms with Crippen LogP contribution >= 0.6 is 0 Å². The van der Waals surface area contributed by atoms with Crippen molar-refractivity contribution in [1.29, 1.82) is 5.26 Å². The van der Waals surface area contributed by atoms with Crippen molar-refractivity contribution >= 4 is 5.91 Å². The highest BCUT2D eigenvalue weighted by atomic mass is 16.5. The molecule has 0 radical (unpaired) electrons. The van der Waals surface area contributed by atoms with E-state index in [0.717, 1.165) is 13.0 Å². The highest BCUT2D eigenvalue weighted by Gasteiger charge is 2.25. The Hall–Kier alpha value is -1.12. The predicted molar refractivity (Wildman–Crippen MR) is 55.1 cm³/mol. The number of rotatable bonds is 4. The van der Waals surface area contributed by atoms with Crippen molar-refractivity contribution in [2.24, 2.45) is 0 Å². The number of hydrogen-bond donors (Lipinski definition) is 0. The summed E-state index contributed by atoms with van der Waals surface area (Å²) in [6.07, 6.45) is 0.471. The molecule has 0 N–H and O–H groups in total. The molecule has 1 aliphatic rings. The van der Waals surface area contributed by atoms with Gasteiger partial charge in [-0.15, -0.1) is 0 Å². The summed E-state index contributed by atoms with van der Waals surface area (Å²) in [6, 6.07) is 2.03. The van der Waals surface area contributed by atoms with E-state index in [-0.39, 0.29) is 12.5 Å². The van der Waals surface area contributed by atoms with Crippen LogP contribution in [0.1, 0.15) is 6.42 Å². The Balaban J connectivity index is 2.32. The van der Waals surface area contributed by atoms with Crippen LogP contribution in [0.25, 0.3) is 0 Å². The summed E-state index contributed by atoms with van der Waals surface area (Å²) in [5.41, 5.74) is 0. The van der Waals surface area contributed by atoms with Gasteiger partial charge in [-0.3, -0.25) is 4.79 Å². The second-order valence-electron chi connectivity index (χ2n) is 3.93. The Bertz CT molecular complexity index is 260. The Morgan fingerprint density at radius 1 is 1.67 bits per heavy atom. The van der Waals surface area contributed by atoms with Gasteiger partial charge in [0.1, 0.15) is 6.61 Å². The fraction of sp³-hybridized carbons (Fsp3) is 0.800. The molecule has 1 aliphatic heterocycles. The summed E-state index contributed by atoms with van der Waals surface area (Å²) in [6.45, 7) is 2.10. The topological polar surface area (TPSA) is 56.6 Å². The zero-order valence-electron chi connectivity index (χ0n) is 9.27. The Kier molecular flexibility index (Phi) is 4.53. The van der Waals surface area contributed by atoms with Crippen LogP contribution in [0.15, 0.2) is 0 Å². The fourth-order valence-corrected chi connectivity index (χ4v) is 1.49. The summed E-state index contributed by atoms with van der Waals surface area (Å²) in [5, 5.41) is 8.69. The first-order valence-electron chi connectivity index (χ1n) is 5.07. The molecule has 0 aromatic rings. The van der Waals surface area contributed by atoms with Crippen molar-refractivity contribution in [3.63, 3.8) is 0 Å². The number of carbonyl (C=O) groups excluding carboxylic acids is 1. The molecule has 1 saturated heterocycles. The van der Waals surface area contributed by atoms with E-state index in [0.29, 0.717) is 13.1 Å². The molecule has 0 saturated carbocycles. The van der Waals surface area contributed by atoms with E-state index in [1.165, 1.54) is 0 Å². The van der Waals surface area contributed by atoms with Crippen molar-refractivity contribution in [2.75, 3.05) is 40.3 Å². The second-order valence-corrected chi connectivity index (χ2v) is 3.93. The molecule has 15 heavy (non-hydrogen) atoms. The van der Waals surface area contributed by atoms with Crippen LogP contribution in [0.3, 0.4) is 0 Å². The third-order valence-corrected chi connectivity index (χ3v) is 2.32. The van der Waals surface area contributed by atoms with E-state index in [2.05, 4.69) is 4.90 Å². The molecule has 1 rings (SSSR count). The van der Waals surface area contributed by atoms with Crippen LogP contribution in [0, 0.1) is 11.3 Å². The van der Waals surface area contributed by atoms with Crippen LogP contribution in [0.2, 0.25) is 0 Å². The molecule has 0 bridgehead atoms. The van der Waals surface area contributed by atoms with Crippen molar-refractivity contribution in [2.45, 2.75) is 12.5 Å². The summed E-state index contributed by atoms with van der Waals surface area (Å²) in [5.74, 6) is -0.0137. The largest absolute Gasteiger partial charge is 0.352 e. The number of amides is 1. The minimum Gasteiger partial charge on any atom is -0.352 e. The van der Waals surface area contributed by atoms with Crippen molar-refractivity contribution in [3.8, 4) is 6.07 Å². The number of nitrogens with zero attached hydrogens (tertiary/aromatic N) is 3. The zero-order valence-corrected chi connectivity index (χ0v) is 9.27. The molecule has 1 fully saturated rings. The van der Waals surface area contributed by atoms with E-state index in [1.807, 2.05) is 20.2 Å². The minimum atomic E-state index is -0.456. The van der Waals surface area contributed by atoms with Crippen LogP contribution < -0.4 is 0 Å². The van der Waals surface area contributed by atoms with Crippen molar-refractivity contribution in [3.05, 3.63) is 0 Å². The number of nitriles is 1. The molecule has 1 amide bonds. The highest BCUT2D eigenvalue weighted by molar-refractivity contribution is 5.78. The number of morpholine rings is 1. The first-order chi connectivity index (χ1) is 7.13. The van der Waals surface area contributed by atoms with Gasteiger partial charge in [-0.05, 0) is 27.1 Å². The van der Waals surface area contributed by atoms with Crippen LogP contribution in [0.5, 0.6) is 0 Å². The first kappa shape index (κ1) is 12.0. The summed E-state index contributed by atoms with van der Waals surface area (Å²) in [7, 11) is 4.00. The molecule has 0 spiro atoms. The lowest BCUT2D eigenvalue weighted by atomic mass is 10.2. The van der Waals surface area contributed by atoms with Crippen molar-refractivity contribution < 1.29 is 9.53 Å². The maximum atomic E-state index is 11.4. The molecule has 1 unspecified atom stereocenters. The van der Waals surface area contributed by atoms with Crippen LogP contribution in [-0.4, -0.2) is 62.1 Å². The van der Waals surface area contributed by atoms with Crippen molar-refractivity contribution in [1.82, 2.24) is 9.80 Å². The molecule has 1 heterocycles. The summed E-state index contributed by atoms with van der Waals surface area (Å²) < 4.78 is 5.03. The molecule has 5 heteroatoms. The maximum absolute atomic E-state index is 11.4. The number of ether oxygens (including phenoxy) is 1. The number of hydrogen-bond acceptors (Lipinski definition) is 4.